The Bertz CT molecular complexity index is 837. The number of nitrogens with one attached hydrogen (secondary N) is 2. The number of amides is 1. The van der Waals surface area contributed by atoms with Crippen LogP contribution in [0.25, 0.3) is 0 Å². The van der Waals surface area contributed by atoms with Crippen LogP contribution in [0.4, 0.5) is 0 Å². The zero-order valence-electron chi connectivity index (χ0n) is 13.4. The van der Waals surface area contributed by atoms with E-state index in [-0.39, 0.29) is 29.0 Å². The Morgan fingerprint density at radius 1 is 1.17 bits per heavy atom. The minimum Gasteiger partial charge on any atom is -0.345 e. The minimum atomic E-state index is -3.60. The van der Waals surface area contributed by atoms with Gasteiger partial charge in [0.05, 0.1) is 10.9 Å². The van der Waals surface area contributed by atoms with Gasteiger partial charge in [-0.3, -0.25) is 4.79 Å². The molecule has 24 heavy (non-hydrogen) atoms. The fourth-order valence-corrected chi connectivity index (χ4v) is 3.65. The van der Waals surface area contributed by atoms with Gasteiger partial charge in [-0.15, -0.1) is 0 Å². The summed E-state index contributed by atoms with van der Waals surface area (Å²) >= 11 is 6.13. The number of benzene rings is 2. The van der Waals surface area contributed by atoms with E-state index in [2.05, 4.69) is 10.0 Å². The predicted molar refractivity (Wildman–Crippen MR) is 94.6 cm³/mol. The smallest absolute Gasteiger partial charge is 0.251 e. The van der Waals surface area contributed by atoms with Crippen LogP contribution in [-0.2, 0) is 10.0 Å². The Hall–Kier alpha value is -1.89. The normalized spacial score (nSPS) is 12.6. The third-order valence-corrected chi connectivity index (χ3v) is 5.35. The number of hydrogen-bond donors (Lipinski definition) is 2. The van der Waals surface area contributed by atoms with Crippen LogP contribution in [-0.4, -0.2) is 20.9 Å². The first kappa shape index (κ1) is 18.4. The van der Waals surface area contributed by atoms with Crippen molar-refractivity contribution in [2.75, 3.05) is 6.54 Å². The summed E-state index contributed by atoms with van der Waals surface area (Å²) in [6.07, 6.45) is 0. The molecule has 0 saturated heterocycles. The van der Waals surface area contributed by atoms with Crippen molar-refractivity contribution in [3.05, 3.63) is 64.7 Å². The molecule has 5 nitrogen and oxygen atoms in total. The quantitative estimate of drug-likeness (QED) is 0.824. The fourth-order valence-electron chi connectivity index (χ4n) is 2.26. The molecule has 2 aromatic rings. The average molecular weight is 367 g/mol. The van der Waals surface area contributed by atoms with Gasteiger partial charge in [-0.2, -0.15) is 0 Å². The number of carbonyl (C=O) groups is 1. The molecule has 1 unspecified atom stereocenters. The largest absolute Gasteiger partial charge is 0.345 e. The van der Waals surface area contributed by atoms with Crippen molar-refractivity contribution < 1.29 is 13.2 Å². The van der Waals surface area contributed by atoms with E-state index in [9.17, 15) is 13.2 Å². The van der Waals surface area contributed by atoms with Crippen LogP contribution in [0.1, 0.15) is 35.8 Å². The summed E-state index contributed by atoms with van der Waals surface area (Å²) in [5, 5.41) is 3.39. The van der Waals surface area contributed by atoms with Crippen LogP contribution >= 0.6 is 11.6 Å². The van der Waals surface area contributed by atoms with E-state index in [1.807, 2.05) is 25.1 Å². The summed E-state index contributed by atoms with van der Waals surface area (Å²) in [7, 11) is -3.60. The van der Waals surface area contributed by atoms with Gasteiger partial charge in [-0.25, -0.2) is 13.1 Å². The Morgan fingerprint density at radius 2 is 1.88 bits per heavy atom. The Labute approximate surface area is 147 Å². The Kier molecular flexibility index (Phi) is 5.99. The van der Waals surface area contributed by atoms with Crippen LogP contribution < -0.4 is 10.0 Å². The highest BCUT2D eigenvalue weighted by Crippen LogP contribution is 2.22. The van der Waals surface area contributed by atoms with Gasteiger partial charge < -0.3 is 5.32 Å². The van der Waals surface area contributed by atoms with Gasteiger partial charge in [0, 0.05) is 17.1 Å². The zero-order valence-corrected chi connectivity index (χ0v) is 15.0. The Morgan fingerprint density at radius 3 is 2.54 bits per heavy atom. The standard InChI is InChI=1S/C17H19ClN2O3S/c1-3-19-24(22,23)14-8-6-7-13(11-14)17(21)20-12(2)15-9-4-5-10-16(15)18/h4-12,19H,3H2,1-2H3,(H,20,21). The molecule has 0 aliphatic carbocycles. The molecule has 2 rings (SSSR count). The summed E-state index contributed by atoms with van der Waals surface area (Å²) in [5.74, 6) is -0.365. The predicted octanol–water partition coefficient (Wildman–Crippen LogP) is 3.13. The van der Waals surface area contributed by atoms with Gasteiger partial charge in [0.1, 0.15) is 0 Å². The second-order valence-electron chi connectivity index (χ2n) is 5.25. The lowest BCUT2D eigenvalue weighted by molar-refractivity contribution is 0.0939. The molecule has 0 saturated carbocycles. The second kappa shape index (κ2) is 7.79. The molecule has 0 aliphatic rings. The van der Waals surface area contributed by atoms with Gasteiger partial charge in [0.2, 0.25) is 10.0 Å². The van der Waals surface area contributed by atoms with Crippen molar-refractivity contribution in [3.63, 3.8) is 0 Å². The first-order valence-corrected chi connectivity index (χ1v) is 9.36. The molecule has 0 aliphatic heterocycles. The van der Waals surface area contributed by atoms with E-state index < -0.39 is 10.0 Å². The molecule has 1 atom stereocenters. The van der Waals surface area contributed by atoms with E-state index in [0.29, 0.717) is 5.02 Å². The minimum absolute atomic E-state index is 0.0578. The van der Waals surface area contributed by atoms with Gasteiger partial charge in [0.25, 0.3) is 5.91 Å². The van der Waals surface area contributed by atoms with Crippen LogP contribution in [0.3, 0.4) is 0 Å². The third kappa shape index (κ3) is 4.35. The molecule has 0 heterocycles. The van der Waals surface area contributed by atoms with Gasteiger partial charge in [-0.1, -0.05) is 42.8 Å². The highest BCUT2D eigenvalue weighted by Gasteiger charge is 2.17. The summed E-state index contributed by atoms with van der Waals surface area (Å²) in [6.45, 7) is 3.79. The van der Waals surface area contributed by atoms with E-state index in [4.69, 9.17) is 11.6 Å². The summed E-state index contributed by atoms with van der Waals surface area (Å²) < 4.78 is 26.5. The summed E-state index contributed by atoms with van der Waals surface area (Å²) in [4.78, 5) is 12.5. The molecule has 0 aromatic heterocycles. The molecule has 0 bridgehead atoms. The van der Waals surface area contributed by atoms with Crippen molar-refractivity contribution in [1.82, 2.24) is 10.0 Å². The number of halogens is 1. The van der Waals surface area contributed by atoms with E-state index >= 15 is 0 Å². The molecular formula is C17H19ClN2O3S. The van der Waals surface area contributed by atoms with Crippen molar-refractivity contribution in [1.29, 1.82) is 0 Å². The van der Waals surface area contributed by atoms with Crippen LogP contribution in [0.15, 0.2) is 53.4 Å². The van der Waals surface area contributed by atoms with Crippen LogP contribution in [0, 0.1) is 0 Å². The number of hydrogen-bond acceptors (Lipinski definition) is 3. The SMILES string of the molecule is CCNS(=O)(=O)c1cccc(C(=O)NC(C)c2ccccc2Cl)c1. The topological polar surface area (TPSA) is 75.3 Å². The first-order valence-electron chi connectivity index (χ1n) is 7.50. The van der Waals surface area contributed by atoms with E-state index in [1.54, 1.807) is 25.1 Å². The lowest BCUT2D eigenvalue weighted by atomic mass is 10.1. The maximum absolute atomic E-state index is 12.4. The van der Waals surface area contributed by atoms with Gasteiger partial charge in [-0.05, 0) is 36.8 Å². The molecule has 7 heteroatoms. The van der Waals surface area contributed by atoms with Crippen LogP contribution in [0.5, 0.6) is 0 Å². The van der Waals surface area contributed by atoms with Crippen LogP contribution in [0.2, 0.25) is 5.02 Å². The van der Waals surface area contributed by atoms with E-state index in [0.717, 1.165) is 5.56 Å². The van der Waals surface area contributed by atoms with Crippen molar-refractivity contribution >= 4 is 27.5 Å². The second-order valence-corrected chi connectivity index (χ2v) is 7.42. The molecule has 0 spiro atoms. The lowest BCUT2D eigenvalue weighted by Crippen LogP contribution is -2.27. The van der Waals surface area contributed by atoms with Crippen molar-refractivity contribution in [2.24, 2.45) is 0 Å². The molecule has 0 radical (unpaired) electrons. The molecule has 2 aromatic carbocycles. The van der Waals surface area contributed by atoms with Crippen molar-refractivity contribution in [3.8, 4) is 0 Å². The maximum Gasteiger partial charge on any atom is 0.251 e. The first-order chi connectivity index (χ1) is 11.3. The van der Waals surface area contributed by atoms with Crippen molar-refractivity contribution in [2.45, 2.75) is 24.8 Å². The van der Waals surface area contributed by atoms with Gasteiger partial charge in [0.15, 0.2) is 0 Å². The summed E-state index contributed by atoms with van der Waals surface area (Å²) in [6, 6.07) is 12.9. The highest BCUT2D eigenvalue weighted by molar-refractivity contribution is 7.89. The average Bonchev–Trinajstić information content (AvgIpc) is 2.55. The number of rotatable bonds is 6. The number of sulfonamides is 1. The molecule has 0 fully saturated rings. The molecule has 2 N–H and O–H groups in total. The zero-order chi connectivity index (χ0) is 17.7. The third-order valence-electron chi connectivity index (χ3n) is 3.46. The van der Waals surface area contributed by atoms with E-state index in [1.165, 1.54) is 12.1 Å². The molecule has 128 valence electrons. The van der Waals surface area contributed by atoms with Gasteiger partial charge >= 0.3 is 0 Å². The molecular weight excluding hydrogens is 348 g/mol. The monoisotopic (exact) mass is 366 g/mol. The maximum atomic E-state index is 12.4. The highest BCUT2D eigenvalue weighted by atomic mass is 35.5. The summed E-state index contributed by atoms with van der Waals surface area (Å²) in [5.41, 5.74) is 1.07. The number of carbonyl (C=O) groups excluding carboxylic acids is 1. The molecule has 1 amide bonds. The Balaban J connectivity index is 2.20. The lowest BCUT2D eigenvalue weighted by Gasteiger charge is -2.16. The fraction of sp³-hybridized carbons (Fsp3) is 0.235.